The van der Waals surface area contributed by atoms with Gasteiger partial charge < -0.3 is 4.57 Å². The van der Waals surface area contributed by atoms with Gasteiger partial charge in [0.1, 0.15) is 0 Å². The largest absolute Gasteiger partial charge is 0.357 e. The number of benzene rings is 3. The number of aryl methyl sites for hydroxylation is 1. The first-order chi connectivity index (χ1) is 19.1. The van der Waals surface area contributed by atoms with Crippen LogP contribution < -0.4 is 0 Å². The average Bonchev–Trinajstić information content (AvgIpc) is 3.55. The minimum atomic E-state index is -4.32. The van der Waals surface area contributed by atoms with E-state index < -0.39 is 23.8 Å². The molecular weight excluding hydrogens is 539 g/mol. The molecule has 0 spiro atoms. The number of hydrogen-bond donors (Lipinski definition) is 0. The summed E-state index contributed by atoms with van der Waals surface area (Å²) in [5.74, 6) is -0.758. The van der Waals surface area contributed by atoms with E-state index in [4.69, 9.17) is 0 Å². The van der Waals surface area contributed by atoms with Crippen molar-refractivity contribution in [2.24, 2.45) is 18.9 Å². The number of hydrogen-bond acceptors (Lipinski definition) is 4. The van der Waals surface area contributed by atoms with E-state index in [0.29, 0.717) is 0 Å². The summed E-state index contributed by atoms with van der Waals surface area (Å²) in [7, 11) is -6.69. The van der Waals surface area contributed by atoms with Crippen LogP contribution in [0.4, 0.5) is 0 Å². The standard InChI is InChI=1S/C33H35NO4S2/c1-25(2)21-28-22-33(39(35,36)29-15-9-5-10-16-29,40(37,38)30-17-11-6-12-18-30)23-31(28)32(26-13-7-4-8-14-26)27-19-20-34(3)24-27/h4-21,24,28,31-32H,22-23H2,1-3H3/t28-,31-,32+/m0/s1. The zero-order valence-electron chi connectivity index (χ0n) is 23.0. The summed E-state index contributed by atoms with van der Waals surface area (Å²) < 4.78 is 58.5. The lowest BCUT2D eigenvalue weighted by Crippen LogP contribution is -2.44. The molecule has 1 fully saturated rings. The lowest BCUT2D eigenvalue weighted by molar-refractivity contribution is 0.406. The summed E-state index contributed by atoms with van der Waals surface area (Å²) in [6.07, 6.45) is 6.06. The van der Waals surface area contributed by atoms with Crippen molar-refractivity contribution in [2.75, 3.05) is 0 Å². The number of sulfone groups is 2. The van der Waals surface area contributed by atoms with Crippen molar-refractivity contribution < 1.29 is 16.8 Å². The molecule has 1 aromatic heterocycles. The number of rotatable bonds is 8. The van der Waals surface area contributed by atoms with Crippen molar-refractivity contribution >= 4 is 19.7 Å². The zero-order valence-corrected chi connectivity index (χ0v) is 24.6. The Hall–Kier alpha value is -3.42. The van der Waals surface area contributed by atoms with Crippen LogP contribution >= 0.6 is 0 Å². The summed E-state index contributed by atoms with van der Waals surface area (Å²) in [6.45, 7) is 3.96. The van der Waals surface area contributed by atoms with E-state index in [0.717, 1.165) is 16.7 Å². The number of nitrogens with zero attached hydrogens (tertiary/aromatic N) is 1. The third kappa shape index (κ3) is 4.86. The molecule has 4 aromatic rings. The van der Waals surface area contributed by atoms with E-state index in [1.807, 2.05) is 49.9 Å². The lowest BCUT2D eigenvalue weighted by atomic mass is 9.76. The molecule has 1 saturated carbocycles. The summed E-state index contributed by atoms with van der Waals surface area (Å²) in [6, 6.07) is 28.1. The van der Waals surface area contributed by atoms with Crippen LogP contribution in [0.1, 0.15) is 43.7 Å². The second-order valence-electron chi connectivity index (χ2n) is 11.0. The predicted octanol–water partition coefficient (Wildman–Crippen LogP) is 6.79. The summed E-state index contributed by atoms with van der Waals surface area (Å²) in [4.78, 5) is 0.0594. The van der Waals surface area contributed by atoms with Gasteiger partial charge in [-0.1, -0.05) is 78.4 Å². The maximum absolute atomic E-state index is 14.6. The van der Waals surface area contributed by atoms with Gasteiger partial charge in [0.2, 0.25) is 0 Å². The molecule has 208 valence electrons. The van der Waals surface area contributed by atoms with Gasteiger partial charge in [-0.25, -0.2) is 16.8 Å². The van der Waals surface area contributed by atoms with Gasteiger partial charge in [-0.15, -0.1) is 0 Å². The van der Waals surface area contributed by atoms with E-state index in [1.165, 1.54) is 24.3 Å². The highest BCUT2D eigenvalue weighted by molar-refractivity contribution is 8.10. The van der Waals surface area contributed by atoms with Gasteiger partial charge in [-0.2, -0.15) is 0 Å². The quantitative estimate of drug-likeness (QED) is 0.218. The molecule has 0 N–H and O–H groups in total. The van der Waals surface area contributed by atoms with Crippen LogP contribution in [0.25, 0.3) is 0 Å². The van der Waals surface area contributed by atoms with E-state index in [9.17, 15) is 16.8 Å². The second kappa shape index (κ2) is 10.9. The average molecular weight is 574 g/mol. The fourth-order valence-corrected chi connectivity index (χ4v) is 11.6. The third-order valence-corrected chi connectivity index (χ3v) is 13.8. The zero-order chi connectivity index (χ0) is 28.5. The topological polar surface area (TPSA) is 73.2 Å². The van der Waals surface area contributed by atoms with Gasteiger partial charge in [0, 0.05) is 25.4 Å². The Bertz CT molecular complexity index is 1640. The summed E-state index contributed by atoms with van der Waals surface area (Å²) in [5.41, 5.74) is 3.10. The molecule has 3 atom stereocenters. The minimum absolute atomic E-state index is 0.0204. The van der Waals surface area contributed by atoms with E-state index in [2.05, 4.69) is 30.5 Å². The third-order valence-electron chi connectivity index (χ3n) is 8.08. The van der Waals surface area contributed by atoms with Crippen LogP contribution in [0.3, 0.4) is 0 Å². The Balaban J connectivity index is 1.78. The maximum atomic E-state index is 14.6. The Morgan fingerprint density at radius 3 is 1.70 bits per heavy atom. The highest BCUT2D eigenvalue weighted by Crippen LogP contribution is 2.57. The Morgan fingerprint density at radius 1 is 0.750 bits per heavy atom. The van der Waals surface area contributed by atoms with Gasteiger partial charge in [0.25, 0.3) is 0 Å². The normalized spacial score (nSPS) is 19.7. The first kappa shape index (κ1) is 28.1. The molecule has 3 aromatic carbocycles. The highest BCUT2D eigenvalue weighted by atomic mass is 32.3. The first-order valence-electron chi connectivity index (χ1n) is 13.5. The van der Waals surface area contributed by atoms with Crippen LogP contribution in [-0.4, -0.2) is 25.5 Å². The molecular formula is C33H35NO4S2. The SMILES string of the molecule is CC(C)=C[C@H]1CC(S(=O)(=O)c2ccccc2)(S(=O)(=O)c2ccccc2)C[C@@H]1[C@H](c1ccccc1)c1ccn(C)c1. The molecule has 0 saturated heterocycles. The molecule has 5 rings (SSSR count). The van der Waals surface area contributed by atoms with Gasteiger partial charge in [-0.3, -0.25) is 0 Å². The molecule has 0 bridgehead atoms. The summed E-state index contributed by atoms with van der Waals surface area (Å²) in [5, 5.41) is 0. The molecule has 40 heavy (non-hydrogen) atoms. The first-order valence-corrected chi connectivity index (χ1v) is 16.4. The Labute approximate surface area is 238 Å². The van der Waals surface area contributed by atoms with Crippen molar-refractivity contribution in [1.82, 2.24) is 4.57 Å². The smallest absolute Gasteiger partial charge is 0.198 e. The van der Waals surface area contributed by atoms with Crippen molar-refractivity contribution in [3.05, 3.63) is 132 Å². The minimum Gasteiger partial charge on any atom is -0.357 e. The second-order valence-corrected chi connectivity index (χ2v) is 15.8. The van der Waals surface area contributed by atoms with E-state index in [-0.39, 0.29) is 40.4 Å². The molecule has 5 nitrogen and oxygen atoms in total. The fourth-order valence-electron chi connectivity index (χ4n) is 6.35. The molecule has 0 amide bonds. The van der Waals surface area contributed by atoms with Gasteiger partial charge >= 0.3 is 0 Å². The number of aromatic nitrogens is 1. The Morgan fingerprint density at radius 2 is 1.25 bits per heavy atom. The molecule has 0 unspecified atom stereocenters. The fraction of sp³-hybridized carbons (Fsp3) is 0.273. The van der Waals surface area contributed by atoms with Crippen molar-refractivity contribution in [1.29, 1.82) is 0 Å². The molecule has 1 heterocycles. The lowest BCUT2D eigenvalue weighted by Gasteiger charge is -2.31. The molecule has 0 aliphatic heterocycles. The van der Waals surface area contributed by atoms with Crippen molar-refractivity contribution in [3.8, 4) is 0 Å². The van der Waals surface area contributed by atoms with Crippen LogP contribution in [0.15, 0.2) is 131 Å². The van der Waals surface area contributed by atoms with Crippen LogP contribution in [0.2, 0.25) is 0 Å². The highest BCUT2D eigenvalue weighted by Gasteiger charge is 2.63. The predicted molar refractivity (Wildman–Crippen MR) is 159 cm³/mol. The van der Waals surface area contributed by atoms with E-state index >= 15 is 0 Å². The summed E-state index contributed by atoms with van der Waals surface area (Å²) >= 11 is 0. The number of allylic oxidation sites excluding steroid dienone is 2. The molecule has 0 radical (unpaired) electrons. The molecule has 7 heteroatoms. The van der Waals surface area contributed by atoms with E-state index in [1.54, 1.807) is 36.4 Å². The van der Waals surface area contributed by atoms with Crippen molar-refractivity contribution in [2.45, 2.75) is 46.5 Å². The van der Waals surface area contributed by atoms with Gasteiger partial charge in [0.15, 0.2) is 23.8 Å². The Kier molecular flexibility index (Phi) is 7.64. The van der Waals surface area contributed by atoms with Gasteiger partial charge in [0.05, 0.1) is 9.79 Å². The molecule has 1 aliphatic rings. The van der Waals surface area contributed by atoms with Crippen LogP contribution in [0.5, 0.6) is 0 Å². The van der Waals surface area contributed by atoms with Crippen LogP contribution in [0, 0.1) is 11.8 Å². The maximum Gasteiger partial charge on any atom is 0.198 e. The van der Waals surface area contributed by atoms with Gasteiger partial charge in [-0.05, 0) is 80.0 Å². The monoisotopic (exact) mass is 573 g/mol. The van der Waals surface area contributed by atoms with Crippen molar-refractivity contribution in [3.63, 3.8) is 0 Å². The molecule has 1 aliphatic carbocycles. The van der Waals surface area contributed by atoms with Crippen LogP contribution in [-0.2, 0) is 26.7 Å².